The molecular formula is C59H65ClN8O11. The molecule has 1 fully saturated rings. The van der Waals surface area contributed by atoms with Gasteiger partial charge in [-0.05, 0) is 73.0 Å². The van der Waals surface area contributed by atoms with Gasteiger partial charge >= 0.3 is 6.09 Å². The van der Waals surface area contributed by atoms with Crippen molar-refractivity contribution in [1.29, 1.82) is 0 Å². The molecule has 3 aliphatic heterocycles. The molecule has 414 valence electrons. The van der Waals surface area contributed by atoms with E-state index in [1.807, 2.05) is 63.4 Å². The fourth-order valence-corrected chi connectivity index (χ4v) is 10.6. The van der Waals surface area contributed by atoms with Crippen molar-refractivity contribution < 1.29 is 52.7 Å². The molecular weight excluding hydrogens is 1030 g/mol. The van der Waals surface area contributed by atoms with Gasteiger partial charge in [-0.1, -0.05) is 68.4 Å². The Morgan fingerprint density at radius 1 is 0.797 bits per heavy atom. The second kappa shape index (κ2) is 25.2. The first-order valence-electron chi connectivity index (χ1n) is 26.6. The van der Waals surface area contributed by atoms with Crippen molar-refractivity contribution in [3.63, 3.8) is 0 Å². The summed E-state index contributed by atoms with van der Waals surface area (Å²) in [5.41, 5.74) is 9.75. The topological polar surface area (TPSA) is 259 Å². The number of nitrogens with one attached hydrogen (secondary N) is 3. The Hall–Kier alpha value is -8.03. The molecule has 5 aromatic rings. The average molecular weight is 1100 g/mol. The van der Waals surface area contributed by atoms with Gasteiger partial charge in [-0.3, -0.25) is 48.1 Å². The van der Waals surface area contributed by atoms with Gasteiger partial charge in [0.15, 0.2) is 17.3 Å². The number of halogens is 1. The van der Waals surface area contributed by atoms with Crippen molar-refractivity contribution in [3.8, 4) is 5.75 Å². The highest BCUT2D eigenvalue weighted by Gasteiger charge is 2.37. The Labute approximate surface area is 462 Å². The third kappa shape index (κ3) is 13.8. The Kier molecular flexibility index (Phi) is 18.2. The number of benzene rings is 4. The Bertz CT molecular complexity index is 3240. The number of Topliss-reactive ketones (excluding diaryl/α,β-unsaturated/α-hetero) is 3. The first kappa shape index (κ1) is 57.2. The summed E-state index contributed by atoms with van der Waals surface area (Å²) >= 11 is 6.56. The molecule has 0 bridgehead atoms. The fraction of sp³-hybridized carbons (Fsp3) is 0.390. The van der Waals surface area contributed by atoms with Crippen LogP contribution in [0, 0.1) is 11.8 Å². The highest BCUT2D eigenvalue weighted by Crippen LogP contribution is 2.46. The van der Waals surface area contributed by atoms with Crippen LogP contribution in [-0.2, 0) is 46.4 Å². The molecule has 1 aromatic heterocycles. The molecule has 8 rings (SSSR count). The highest BCUT2D eigenvalue weighted by molar-refractivity contribution is 6.19. The molecule has 0 unspecified atom stereocenters. The maximum atomic E-state index is 14.5. The van der Waals surface area contributed by atoms with Crippen LogP contribution in [0.2, 0.25) is 0 Å². The van der Waals surface area contributed by atoms with E-state index in [1.165, 1.54) is 6.92 Å². The number of hydrogen-bond acceptors (Lipinski definition) is 12. The van der Waals surface area contributed by atoms with Crippen molar-refractivity contribution >= 4 is 97.8 Å². The summed E-state index contributed by atoms with van der Waals surface area (Å²) in [6, 6.07) is 21.3. The van der Waals surface area contributed by atoms with Crippen molar-refractivity contribution in [2.45, 2.75) is 83.7 Å². The van der Waals surface area contributed by atoms with Gasteiger partial charge in [-0.25, -0.2) is 4.79 Å². The maximum Gasteiger partial charge on any atom is 0.415 e. The van der Waals surface area contributed by atoms with Crippen LogP contribution >= 0.6 is 11.6 Å². The molecule has 0 spiro atoms. The van der Waals surface area contributed by atoms with Crippen LogP contribution in [0.3, 0.4) is 0 Å². The minimum atomic E-state index is -1.22. The number of amides is 7. The van der Waals surface area contributed by atoms with Gasteiger partial charge in [0.2, 0.25) is 17.7 Å². The van der Waals surface area contributed by atoms with Gasteiger partial charge < -0.3 is 40.8 Å². The number of nitrogens with zero attached hydrogens (tertiary/aromatic N) is 4. The van der Waals surface area contributed by atoms with Crippen LogP contribution in [0.15, 0.2) is 91.0 Å². The number of ether oxygens (including phenoxy) is 1. The van der Waals surface area contributed by atoms with Crippen molar-refractivity contribution in [3.05, 3.63) is 119 Å². The number of fused-ring (bicyclic) bond motifs is 4. The predicted molar refractivity (Wildman–Crippen MR) is 297 cm³/mol. The first-order chi connectivity index (χ1) is 37.8. The number of likely N-dealkylation sites (N-methyl/N-ethyl adjacent to an activating group) is 1. The zero-order valence-corrected chi connectivity index (χ0v) is 45.4. The van der Waals surface area contributed by atoms with E-state index < -0.39 is 72.3 Å². The Morgan fingerprint density at radius 2 is 1.48 bits per heavy atom. The summed E-state index contributed by atoms with van der Waals surface area (Å²) in [6.07, 6.45) is 1.22. The van der Waals surface area contributed by atoms with Crippen LogP contribution in [0.25, 0.3) is 21.7 Å². The van der Waals surface area contributed by atoms with Crippen molar-refractivity contribution in [2.24, 2.45) is 17.6 Å². The number of rotatable bonds is 23. The standard InChI is InChI=1S/C59H65ClN8O11/c1-34(2)24-45(64-57(76)40(30-52(61)72)29-48(69)35(3)62-53(73)10-7-19-67-54(74)17-18-55(67)75)50(71)26-36-11-14-38(15-12-36)49(70)27-37-13-16-44-39(25-37)28-46(63-44)58(77)68-33-41(32-60)56-43-9-6-5-8-42(43)51(31-47(56)68)79-59(78)66-22-20-65(4)21-23-66/h5-6,8-9,11-18,25,28,31,34-35,40-41,45,63H,7,10,19-24,26-27,29-30,32-33H2,1-4H3,(H2,61,72)(H,62,73)(H,64,76)/t35-,40-,41+,45-/m0/s1. The third-order valence-corrected chi connectivity index (χ3v) is 15.1. The van der Waals surface area contributed by atoms with E-state index in [4.69, 9.17) is 22.1 Å². The number of H-pyrrole nitrogens is 1. The minimum Gasteiger partial charge on any atom is -0.409 e. The van der Waals surface area contributed by atoms with Gasteiger partial charge in [0.25, 0.3) is 17.7 Å². The minimum absolute atomic E-state index is 0.0283. The Morgan fingerprint density at radius 3 is 2.15 bits per heavy atom. The number of piperazine rings is 1. The number of anilines is 1. The van der Waals surface area contributed by atoms with E-state index in [2.05, 4.69) is 20.5 Å². The lowest BCUT2D eigenvalue weighted by Crippen LogP contribution is -2.48. The smallest absolute Gasteiger partial charge is 0.409 e. The molecule has 20 heteroatoms. The molecule has 19 nitrogen and oxygen atoms in total. The van der Waals surface area contributed by atoms with Crippen LogP contribution in [-0.4, -0.2) is 143 Å². The molecule has 1 saturated heterocycles. The molecule has 4 heterocycles. The summed E-state index contributed by atoms with van der Waals surface area (Å²) in [4.78, 5) is 140. The monoisotopic (exact) mass is 1100 g/mol. The quantitative estimate of drug-likeness (QED) is 0.0345. The number of ketones is 3. The number of primary amides is 1. The highest BCUT2D eigenvalue weighted by atomic mass is 35.5. The summed E-state index contributed by atoms with van der Waals surface area (Å²) in [5.74, 6) is -5.16. The van der Waals surface area contributed by atoms with E-state index in [1.54, 1.807) is 46.2 Å². The average Bonchev–Trinajstić information content (AvgIpc) is 4.19. The lowest BCUT2D eigenvalue weighted by molar-refractivity contribution is -0.137. The predicted octanol–water partition coefficient (Wildman–Crippen LogP) is 5.78. The second-order valence-electron chi connectivity index (χ2n) is 21.1. The zero-order valence-electron chi connectivity index (χ0n) is 44.7. The SMILES string of the molecule is CC(C)C[C@H](NC(=O)[C@H](CC(N)=O)CC(=O)[C@H](C)NC(=O)CCCN1C(=O)C=CC1=O)C(=O)Cc1ccc(C(=O)Cc2ccc3[nH]c(C(=O)N4C[C@@H](CCl)c5c4cc(OC(=O)N4CCN(C)CC4)c4ccccc54)cc3c2)cc1. The number of alkyl halides is 1. The van der Waals surface area contributed by atoms with E-state index in [9.17, 15) is 47.9 Å². The van der Waals surface area contributed by atoms with Crippen LogP contribution < -0.4 is 26.0 Å². The maximum absolute atomic E-state index is 14.5. The third-order valence-electron chi connectivity index (χ3n) is 14.7. The van der Waals surface area contributed by atoms with Crippen molar-refractivity contribution in [1.82, 2.24) is 30.3 Å². The van der Waals surface area contributed by atoms with Gasteiger partial charge in [-0.2, -0.15) is 0 Å². The summed E-state index contributed by atoms with van der Waals surface area (Å²) in [5, 5.41) is 7.64. The lowest BCUT2D eigenvalue weighted by Gasteiger charge is -2.31. The molecule has 0 radical (unpaired) electrons. The van der Waals surface area contributed by atoms with E-state index in [-0.39, 0.29) is 73.8 Å². The summed E-state index contributed by atoms with van der Waals surface area (Å²) in [7, 11) is 2.01. The Balaban J connectivity index is 0.876. The molecule has 79 heavy (non-hydrogen) atoms. The van der Waals surface area contributed by atoms with Gasteiger partial charge in [0.1, 0.15) is 11.4 Å². The molecule has 0 saturated carbocycles. The number of carbonyl (C=O) groups excluding carboxylic acids is 10. The van der Waals surface area contributed by atoms with E-state index in [0.717, 1.165) is 51.9 Å². The lowest BCUT2D eigenvalue weighted by atomic mass is 9.92. The number of aromatic amines is 1. The molecule has 4 aromatic carbocycles. The summed E-state index contributed by atoms with van der Waals surface area (Å²) in [6.45, 7) is 8.11. The van der Waals surface area contributed by atoms with Crippen LogP contribution in [0.1, 0.15) is 96.3 Å². The number of carbonyl (C=O) groups is 10. The number of imide groups is 1. The van der Waals surface area contributed by atoms with Gasteiger partial charge in [0, 0.05) is 123 Å². The number of aromatic nitrogens is 1. The molecule has 3 aliphatic rings. The van der Waals surface area contributed by atoms with Gasteiger partial charge in [0.05, 0.1) is 23.7 Å². The zero-order chi connectivity index (χ0) is 56.7. The molecule has 7 amide bonds. The molecule has 0 aliphatic carbocycles. The first-order valence-corrected chi connectivity index (χ1v) is 27.1. The second-order valence-corrected chi connectivity index (χ2v) is 21.4. The van der Waals surface area contributed by atoms with Crippen molar-refractivity contribution in [2.75, 3.05) is 57.1 Å². The normalized spacial score (nSPS) is 16.5. The molecule has 5 N–H and O–H groups in total. The number of hydrogen-bond donors (Lipinski definition) is 4. The molecule has 4 atom stereocenters. The summed E-state index contributed by atoms with van der Waals surface area (Å²) < 4.78 is 6.06. The number of nitrogens with two attached hydrogens (primary N) is 1. The largest absolute Gasteiger partial charge is 0.415 e. The fourth-order valence-electron chi connectivity index (χ4n) is 10.3. The van der Waals surface area contributed by atoms with Crippen LogP contribution in [0.4, 0.5) is 10.5 Å². The van der Waals surface area contributed by atoms with E-state index in [0.29, 0.717) is 59.0 Å². The van der Waals surface area contributed by atoms with Crippen LogP contribution in [0.5, 0.6) is 5.75 Å². The van der Waals surface area contributed by atoms with Gasteiger partial charge in [-0.15, -0.1) is 11.6 Å². The van der Waals surface area contributed by atoms with E-state index >= 15 is 0 Å².